The van der Waals surface area contributed by atoms with Crippen molar-refractivity contribution in [3.63, 3.8) is 0 Å². The average Bonchev–Trinajstić information content (AvgIpc) is 3.07. The van der Waals surface area contributed by atoms with Crippen molar-refractivity contribution in [3.8, 4) is 0 Å². The smallest absolute Gasteiger partial charge is 0.0796 e. The van der Waals surface area contributed by atoms with E-state index in [1.165, 1.54) is 4.80 Å². The van der Waals surface area contributed by atoms with Gasteiger partial charge in [-0.3, -0.25) is 4.68 Å². The molecule has 0 unspecified atom stereocenters. The van der Waals surface area contributed by atoms with Gasteiger partial charge in [-0.2, -0.15) is 30.4 Å². The number of aromatic amines is 1. The van der Waals surface area contributed by atoms with E-state index in [0.717, 1.165) is 17.1 Å². The maximum absolute atomic E-state index is 3.92. The van der Waals surface area contributed by atoms with Crippen molar-refractivity contribution in [3.05, 3.63) is 43.1 Å². The first-order valence-corrected chi connectivity index (χ1v) is 5.95. The molecule has 3 radical (unpaired) electrons. The number of nitrogens with zero attached hydrogens (tertiary/aromatic N) is 8. The summed E-state index contributed by atoms with van der Waals surface area (Å²) in [4.78, 5) is 1.54. The summed E-state index contributed by atoms with van der Waals surface area (Å²) in [6, 6.07) is 0. The summed E-state index contributed by atoms with van der Waals surface area (Å²) in [5.74, 6) is 0. The van der Waals surface area contributed by atoms with Crippen molar-refractivity contribution in [1.29, 1.82) is 0 Å². The van der Waals surface area contributed by atoms with Gasteiger partial charge in [-0.1, -0.05) is 5.21 Å². The molecule has 0 aliphatic rings. The van der Waals surface area contributed by atoms with Gasteiger partial charge in [0.25, 0.3) is 0 Å². The Labute approximate surface area is 238 Å². The van der Waals surface area contributed by atoms with E-state index in [-0.39, 0.29) is 127 Å². The number of H-pyrrole nitrogens is 1. The van der Waals surface area contributed by atoms with Gasteiger partial charge in [0, 0.05) is 139 Å². The van der Waals surface area contributed by atoms with Crippen molar-refractivity contribution < 1.29 is 119 Å². The van der Waals surface area contributed by atoms with E-state index in [1.54, 1.807) is 24.1 Å². The fourth-order valence-electron chi connectivity index (χ4n) is 1.17. The molecule has 9 nitrogen and oxygen atoms in total. The van der Waals surface area contributed by atoms with Crippen molar-refractivity contribution >= 4 is 0 Å². The molecule has 0 atom stereocenters. The topological polar surface area (TPSA) is 103 Å². The van der Waals surface area contributed by atoms with Gasteiger partial charge in [-0.25, -0.2) is 0 Å². The average molecular weight is 743 g/mol. The van der Waals surface area contributed by atoms with Crippen molar-refractivity contribution in [2.24, 2.45) is 14.1 Å². The zero-order chi connectivity index (χ0) is 15.0. The summed E-state index contributed by atoms with van der Waals surface area (Å²) in [7, 11) is 3.65. The van der Waals surface area contributed by atoms with Gasteiger partial charge in [0.05, 0.1) is 29.5 Å². The van der Waals surface area contributed by atoms with Crippen molar-refractivity contribution in [2.75, 3.05) is 0 Å². The third-order valence-electron chi connectivity index (χ3n) is 1.97. The Morgan fingerprint density at radius 2 is 1.52 bits per heavy atom. The summed E-state index contributed by atoms with van der Waals surface area (Å²) < 4.78 is 1.68. The van der Waals surface area contributed by atoms with Crippen LogP contribution in [0.4, 0.5) is 0 Å². The molecule has 3 aromatic heterocycles. The molecule has 3 aromatic rings. The Bertz CT molecular complexity index is 542. The molecule has 0 fully saturated rings. The normalized spacial score (nSPS) is 7.40. The van der Waals surface area contributed by atoms with Crippen molar-refractivity contribution in [2.45, 2.75) is 20.8 Å². The second kappa shape index (κ2) is 21.7. The summed E-state index contributed by atoms with van der Waals surface area (Å²) in [6.07, 6.45) is 5.25. The van der Waals surface area contributed by atoms with Crippen LogP contribution in [-0.2, 0) is 133 Å². The molecule has 0 aromatic carbocycles. The van der Waals surface area contributed by atoms with Crippen LogP contribution < -0.4 is 0 Å². The molecule has 3 rings (SSSR count). The van der Waals surface area contributed by atoms with Crippen molar-refractivity contribution in [1.82, 2.24) is 45.4 Å². The molecule has 0 spiro atoms. The molecular formula is C12H22N9WY3-. The number of rotatable bonds is 0. The number of hydrogen-bond acceptors (Lipinski definition) is 6. The fraction of sp³-hybridized carbons (Fsp3) is 0.417. The van der Waals surface area contributed by atoms with Gasteiger partial charge < -0.3 is 7.43 Å². The Kier molecular flexibility index (Phi) is 32.3. The SMILES string of the molecule is Cc1cn(C)nn1.Cc1cn[nH]n1.Cc1cnn(C)n1.[CH3-].[W].[Y].[Y].[Y]. The number of hydrogen-bond donors (Lipinski definition) is 1. The maximum atomic E-state index is 3.92. The number of nitrogens with one attached hydrogen (secondary N) is 1. The minimum atomic E-state index is 0. The summed E-state index contributed by atoms with van der Waals surface area (Å²) in [6.45, 7) is 5.70. The van der Waals surface area contributed by atoms with Crippen LogP contribution >= 0.6 is 0 Å². The number of aryl methyl sites for hydroxylation is 5. The van der Waals surface area contributed by atoms with E-state index in [1.807, 2.05) is 34.0 Å². The quantitative estimate of drug-likeness (QED) is 0.343. The molecule has 0 aliphatic carbocycles. The summed E-state index contributed by atoms with van der Waals surface area (Å²) in [5, 5.41) is 24.8. The Morgan fingerprint density at radius 1 is 0.920 bits per heavy atom. The molecular weight excluding hydrogens is 721 g/mol. The predicted octanol–water partition coefficient (Wildman–Crippen LogP) is 0.800. The van der Waals surface area contributed by atoms with Gasteiger partial charge in [-0.15, -0.1) is 5.10 Å². The molecule has 0 bridgehead atoms. The molecule has 0 saturated carbocycles. The predicted molar refractivity (Wildman–Crippen MR) is 79.0 cm³/mol. The van der Waals surface area contributed by atoms with Gasteiger partial charge in [0.2, 0.25) is 0 Å². The van der Waals surface area contributed by atoms with Gasteiger partial charge in [-0.05, 0) is 20.8 Å². The third kappa shape index (κ3) is 20.0. The standard InChI is InChI=1S/2C4H7N3.C3H5N3.CH3.W.3Y/c1-4-3-7(2)6-5-4;1-4-3-5-7(2)6-4;1-3-2-4-6-5-3;;;;;/h2*3H,1-2H3;2H,1H3,(H,4,5,6);1H3;;;;/q;;;-1;;;;. The first-order chi connectivity index (χ1) is 9.47. The van der Waals surface area contributed by atoms with Crippen LogP contribution in [0.15, 0.2) is 18.6 Å². The second-order valence-electron chi connectivity index (χ2n) is 4.12. The molecule has 0 aliphatic heterocycles. The molecule has 1 N–H and O–H groups in total. The first kappa shape index (κ1) is 37.2. The van der Waals surface area contributed by atoms with Crippen LogP contribution in [0.2, 0.25) is 0 Å². The Hall–Kier alpha value is 1.42. The Morgan fingerprint density at radius 3 is 1.64 bits per heavy atom. The molecule has 3 heterocycles. The van der Waals surface area contributed by atoms with E-state index >= 15 is 0 Å². The van der Waals surface area contributed by atoms with Crippen LogP contribution in [0.25, 0.3) is 0 Å². The third-order valence-corrected chi connectivity index (χ3v) is 1.97. The molecule has 13 heteroatoms. The van der Waals surface area contributed by atoms with Crippen LogP contribution in [0.5, 0.6) is 0 Å². The van der Waals surface area contributed by atoms with E-state index in [4.69, 9.17) is 0 Å². The molecule has 25 heavy (non-hydrogen) atoms. The monoisotopic (exact) mass is 743 g/mol. The van der Waals surface area contributed by atoms with Crippen LogP contribution in [-0.4, -0.2) is 45.4 Å². The van der Waals surface area contributed by atoms with E-state index in [0.29, 0.717) is 0 Å². The zero-order valence-electron chi connectivity index (χ0n) is 15.5. The van der Waals surface area contributed by atoms with Crippen LogP contribution in [0.1, 0.15) is 17.1 Å². The van der Waals surface area contributed by atoms with E-state index in [9.17, 15) is 0 Å². The van der Waals surface area contributed by atoms with Crippen LogP contribution in [0.3, 0.4) is 0 Å². The Balaban J connectivity index is -0.0000000729. The minimum Gasteiger partial charge on any atom is -0.358 e. The van der Waals surface area contributed by atoms with Gasteiger partial charge in [0.15, 0.2) is 0 Å². The van der Waals surface area contributed by atoms with Crippen LogP contribution in [0, 0.1) is 28.2 Å². The summed E-state index contributed by atoms with van der Waals surface area (Å²) in [5.41, 5.74) is 2.85. The molecule has 0 saturated heterocycles. The largest absolute Gasteiger partial charge is 0.358 e. The van der Waals surface area contributed by atoms with Gasteiger partial charge >= 0.3 is 0 Å². The van der Waals surface area contributed by atoms with Gasteiger partial charge in [0.1, 0.15) is 0 Å². The fourth-order valence-corrected chi connectivity index (χ4v) is 1.17. The molecule has 131 valence electrons. The van der Waals surface area contributed by atoms with E-state index < -0.39 is 0 Å². The second-order valence-corrected chi connectivity index (χ2v) is 4.12. The number of aromatic nitrogens is 9. The first-order valence-electron chi connectivity index (χ1n) is 5.95. The van der Waals surface area contributed by atoms with E-state index in [2.05, 4.69) is 35.9 Å². The maximum Gasteiger partial charge on any atom is 0.0796 e. The minimum absolute atomic E-state index is 0. The zero-order valence-corrected chi connectivity index (χ0v) is 26.9. The summed E-state index contributed by atoms with van der Waals surface area (Å²) >= 11 is 0. The molecule has 0 amide bonds.